The Morgan fingerprint density at radius 2 is 1.05 bits per heavy atom. The fraction of sp³-hybridized carbons (Fsp3) is 0.889. The largest absolute Gasteiger partial charge is 0.473 e. The third-order valence-electron chi connectivity index (χ3n) is 3.91. The molecule has 22 heavy (non-hydrogen) atoms. The number of hydrogen-bond donors (Lipinski definition) is 1. The molecule has 0 rings (SSSR count). The smallest absolute Gasteiger partial charge is 0.417 e. The van der Waals surface area contributed by atoms with Crippen LogP contribution in [0.4, 0.5) is 0 Å². The number of carboxylic acids is 1. The SMILES string of the molecule is CCCCCCCCCCCCCCCCOC(=O)C(=O)O. The summed E-state index contributed by atoms with van der Waals surface area (Å²) in [6, 6.07) is 0. The van der Waals surface area contributed by atoms with Crippen LogP contribution in [-0.4, -0.2) is 23.7 Å². The molecule has 4 nitrogen and oxygen atoms in total. The Morgan fingerprint density at radius 1 is 0.682 bits per heavy atom. The summed E-state index contributed by atoms with van der Waals surface area (Å²) in [7, 11) is 0. The maximum atomic E-state index is 10.7. The molecule has 0 aliphatic rings. The molecule has 0 amide bonds. The van der Waals surface area contributed by atoms with Gasteiger partial charge in [0.2, 0.25) is 0 Å². The molecule has 0 fully saturated rings. The van der Waals surface area contributed by atoms with Gasteiger partial charge in [-0.15, -0.1) is 0 Å². The van der Waals surface area contributed by atoms with E-state index in [1.165, 1.54) is 70.6 Å². The predicted molar refractivity (Wildman–Crippen MR) is 88.9 cm³/mol. The molecule has 0 aromatic carbocycles. The number of carbonyl (C=O) groups excluding carboxylic acids is 1. The van der Waals surface area contributed by atoms with Crippen LogP contribution in [0, 0.1) is 0 Å². The van der Waals surface area contributed by atoms with Crippen molar-refractivity contribution in [2.45, 2.75) is 96.8 Å². The van der Waals surface area contributed by atoms with E-state index < -0.39 is 11.9 Å². The molecule has 0 atom stereocenters. The van der Waals surface area contributed by atoms with Crippen molar-refractivity contribution in [2.75, 3.05) is 6.61 Å². The summed E-state index contributed by atoms with van der Waals surface area (Å²) in [5, 5.41) is 8.32. The maximum Gasteiger partial charge on any atom is 0.417 e. The van der Waals surface area contributed by atoms with Gasteiger partial charge in [0, 0.05) is 0 Å². The highest BCUT2D eigenvalue weighted by molar-refractivity contribution is 6.28. The highest BCUT2D eigenvalue weighted by Gasteiger charge is 2.11. The molecule has 130 valence electrons. The van der Waals surface area contributed by atoms with Gasteiger partial charge in [0.15, 0.2) is 0 Å². The topological polar surface area (TPSA) is 63.6 Å². The number of esters is 1. The van der Waals surface area contributed by atoms with Gasteiger partial charge in [-0.05, 0) is 6.42 Å². The van der Waals surface area contributed by atoms with Crippen LogP contribution in [-0.2, 0) is 14.3 Å². The Morgan fingerprint density at radius 3 is 1.41 bits per heavy atom. The summed E-state index contributed by atoms with van der Waals surface area (Å²) >= 11 is 0. The van der Waals surface area contributed by atoms with Crippen LogP contribution in [0.2, 0.25) is 0 Å². The van der Waals surface area contributed by atoms with Crippen molar-refractivity contribution in [3.05, 3.63) is 0 Å². The minimum Gasteiger partial charge on any atom is -0.473 e. The Kier molecular flexibility index (Phi) is 15.5. The van der Waals surface area contributed by atoms with E-state index in [9.17, 15) is 9.59 Å². The van der Waals surface area contributed by atoms with Gasteiger partial charge < -0.3 is 9.84 Å². The standard InChI is InChI=1S/C18H34O4/c1-2-3-4-5-6-7-8-9-10-11-12-13-14-15-16-22-18(21)17(19)20/h2-16H2,1H3,(H,19,20). The number of carboxylic acid groups (broad SMARTS) is 1. The van der Waals surface area contributed by atoms with E-state index in [0.29, 0.717) is 0 Å². The number of rotatable bonds is 15. The number of unbranched alkanes of at least 4 members (excludes halogenated alkanes) is 13. The molecular weight excluding hydrogens is 280 g/mol. The third-order valence-corrected chi connectivity index (χ3v) is 3.91. The summed E-state index contributed by atoms with van der Waals surface area (Å²) in [6.45, 7) is 2.48. The summed E-state index contributed by atoms with van der Waals surface area (Å²) in [6.07, 6.45) is 17.8. The molecule has 1 N–H and O–H groups in total. The average molecular weight is 314 g/mol. The van der Waals surface area contributed by atoms with Crippen LogP contribution in [0.1, 0.15) is 96.8 Å². The van der Waals surface area contributed by atoms with Gasteiger partial charge in [-0.25, -0.2) is 9.59 Å². The summed E-state index contributed by atoms with van der Waals surface area (Å²) in [5.41, 5.74) is 0. The molecule has 0 spiro atoms. The lowest BCUT2D eigenvalue weighted by Gasteiger charge is -2.03. The maximum absolute atomic E-state index is 10.7. The molecule has 0 aliphatic heterocycles. The normalized spacial score (nSPS) is 10.6. The first-order chi connectivity index (χ1) is 10.7. The lowest BCUT2D eigenvalue weighted by Crippen LogP contribution is -2.16. The second-order valence-electron chi connectivity index (χ2n) is 6.04. The van der Waals surface area contributed by atoms with Crippen LogP contribution in [0.3, 0.4) is 0 Å². The van der Waals surface area contributed by atoms with E-state index in [1.807, 2.05) is 0 Å². The Balaban J connectivity index is 3.05. The molecule has 0 bridgehead atoms. The van der Waals surface area contributed by atoms with Crippen molar-refractivity contribution in [1.82, 2.24) is 0 Å². The molecule has 0 aromatic heterocycles. The van der Waals surface area contributed by atoms with Crippen molar-refractivity contribution in [3.63, 3.8) is 0 Å². The van der Waals surface area contributed by atoms with Gasteiger partial charge in [-0.3, -0.25) is 0 Å². The van der Waals surface area contributed by atoms with Crippen molar-refractivity contribution in [3.8, 4) is 0 Å². The van der Waals surface area contributed by atoms with E-state index in [0.717, 1.165) is 19.3 Å². The molecule has 0 aliphatic carbocycles. The van der Waals surface area contributed by atoms with Crippen LogP contribution in [0.25, 0.3) is 0 Å². The first-order valence-electron chi connectivity index (χ1n) is 9.08. The van der Waals surface area contributed by atoms with Gasteiger partial charge in [-0.1, -0.05) is 90.4 Å². The summed E-state index contributed by atoms with van der Waals surface area (Å²) < 4.78 is 4.57. The van der Waals surface area contributed by atoms with Gasteiger partial charge in [0.05, 0.1) is 6.61 Å². The molecule has 4 heteroatoms. The molecule has 0 saturated heterocycles. The van der Waals surface area contributed by atoms with Crippen molar-refractivity contribution in [2.24, 2.45) is 0 Å². The van der Waals surface area contributed by atoms with Gasteiger partial charge in [-0.2, -0.15) is 0 Å². The fourth-order valence-electron chi connectivity index (χ4n) is 2.52. The first kappa shape index (κ1) is 20.9. The fourth-order valence-corrected chi connectivity index (χ4v) is 2.52. The van der Waals surface area contributed by atoms with Crippen LogP contribution in [0.15, 0.2) is 0 Å². The van der Waals surface area contributed by atoms with E-state index in [2.05, 4.69) is 11.7 Å². The molecule has 0 radical (unpaired) electrons. The molecule has 0 aromatic rings. The number of aliphatic carboxylic acids is 1. The molecule has 0 saturated carbocycles. The van der Waals surface area contributed by atoms with Crippen molar-refractivity contribution in [1.29, 1.82) is 0 Å². The second-order valence-corrected chi connectivity index (χ2v) is 6.04. The summed E-state index contributed by atoms with van der Waals surface area (Å²) in [4.78, 5) is 20.9. The average Bonchev–Trinajstić information content (AvgIpc) is 2.50. The zero-order valence-electron chi connectivity index (χ0n) is 14.3. The predicted octanol–water partition coefficient (Wildman–Crippen LogP) is 5.10. The Hall–Kier alpha value is -1.06. The highest BCUT2D eigenvalue weighted by Crippen LogP contribution is 2.12. The van der Waals surface area contributed by atoms with Gasteiger partial charge in [0.25, 0.3) is 0 Å². The van der Waals surface area contributed by atoms with E-state index in [1.54, 1.807) is 0 Å². The molecular formula is C18H34O4. The Labute approximate surface area is 135 Å². The third kappa shape index (κ3) is 15.3. The zero-order valence-corrected chi connectivity index (χ0v) is 14.3. The first-order valence-corrected chi connectivity index (χ1v) is 9.08. The zero-order chi connectivity index (χ0) is 16.5. The van der Waals surface area contributed by atoms with E-state index in [-0.39, 0.29) is 6.61 Å². The highest BCUT2D eigenvalue weighted by atomic mass is 16.6. The van der Waals surface area contributed by atoms with Crippen molar-refractivity contribution < 1.29 is 19.4 Å². The quantitative estimate of drug-likeness (QED) is 0.259. The number of hydrogen-bond acceptors (Lipinski definition) is 3. The Bertz CT molecular complexity index is 276. The van der Waals surface area contributed by atoms with Gasteiger partial charge >= 0.3 is 11.9 Å². The molecule has 0 heterocycles. The van der Waals surface area contributed by atoms with E-state index >= 15 is 0 Å². The number of carbonyl (C=O) groups is 2. The lowest BCUT2D eigenvalue weighted by atomic mass is 10.0. The van der Waals surface area contributed by atoms with Crippen LogP contribution in [0.5, 0.6) is 0 Å². The van der Waals surface area contributed by atoms with Gasteiger partial charge in [0.1, 0.15) is 0 Å². The van der Waals surface area contributed by atoms with Crippen molar-refractivity contribution >= 4 is 11.9 Å². The minimum absolute atomic E-state index is 0.225. The number of ether oxygens (including phenoxy) is 1. The minimum atomic E-state index is -1.51. The molecule has 0 unspecified atom stereocenters. The summed E-state index contributed by atoms with van der Waals surface area (Å²) in [5.74, 6) is -2.65. The second kappa shape index (κ2) is 16.3. The van der Waals surface area contributed by atoms with Crippen LogP contribution >= 0.6 is 0 Å². The monoisotopic (exact) mass is 314 g/mol. The van der Waals surface area contributed by atoms with Crippen LogP contribution < -0.4 is 0 Å². The lowest BCUT2D eigenvalue weighted by molar-refractivity contribution is -0.163. The van der Waals surface area contributed by atoms with E-state index in [4.69, 9.17) is 5.11 Å².